The Morgan fingerprint density at radius 1 is 1.57 bits per heavy atom. The van der Waals surface area contributed by atoms with Gasteiger partial charge in [0.25, 0.3) is 0 Å². The first-order valence-electron chi connectivity index (χ1n) is 4.81. The van der Waals surface area contributed by atoms with Crippen molar-refractivity contribution in [2.24, 2.45) is 0 Å². The van der Waals surface area contributed by atoms with Crippen molar-refractivity contribution >= 4 is 11.3 Å². The summed E-state index contributed by atoms with van der Waals surface area (Å²) < 4.78 is 0. The topological polar surface area (TPSA) is 48.7 Å². The van der Waals surface area contributed by atoms with Crippen molar-refractivity contribution in [1.29, 1.82) is 5.26 Å². The van der Waals surface area contributed by atoms with E-state index in [1.54, 1.807) is 11.3 Å². The summed E-state index contributed by atoms with van der Waals surface area (Å²) in [5, 5.41) is 14.8. The van der Waals surface area contributed by atoms with Crippen LogP contribution >= 0.6 is 11.3 Å². The molecule has 0 spiro atoms. The summed E-state index contributed by atoms with van der Waals surface area (Å²) >= 11 is 1.69. The fraction of sp³-hybridized carbons (Fsp3) is 0.600. The van der Waals surface area contributed by atoms with Crippen molar-refractivity contribution in [3.8, 4) is 6.07 Å². The summed E-state index contributed by atoms with van der Waals surface area (Å²) in [5.74, 6) is 0. The molecule has 1 aromatic heterocycles. The van der Waals surface area contributed by atoms with Crippen LogP contribution in [0.5, 0.6) is 0 Å². The molecule has 76 valence electrons. The van der Waals surface area contributed by atoms with E-state index in [9.17, 15) is 0 Å². The van der Waals surface area contributed by atoms with E-state index in [-0.39, 0.29) is 0 Å². The van der Waals surface area contributed by atoms with Crippen molar-refractivity contribution in [3.05, 3.63) is 16.1 Å². The van der Waals surface area contributed by atoms with Crippen LogP contribution in [0.1, 0.15) is 23.5 Å². The van der Waals surface area contributed by atoms with Crippen molar-refractivity contribution in [2.45, 2.75) is 26.2 Å². The zero-order chi connectivity index (χ0) is 10.2. The number of thiazole rings is 1. The zero-order valence-corrected chi connectivity index (χ0v) is 9.23. The van der Waals surface area contributed by atoms with Gasteiger partial charge in [0.05, 0.1) is 16.8 Å². The van der Waals surface area contributed by atoms with Gasteiger partial charge in [-0.05, 0) is 19.9 Å². The number of aryl methyl sites for hydroxylation is 1. The fourth-order valence-corrected chi connectivity index (χ4v) is 1.80. The molecule has 0 aliphatic rings. The molecule has 0 aliphatic heterocycles. The van der Waals surface area contributed by atoms with E-state index in [1.165, 1.54) is 5.69 Å². The van der Waals surface area contributed by atoms with Gasteiger partial charge in [-0.15, -0.1) is 11.3 Å². The Hall–Kier alpha value is -0.920. The van der Waals surface area contributed by atoms with Crippen LogP contribution in [0.3, 0.4) is 0 Å². The molecule has 0 saturated carbocycles. The standard InChI is InChI=1S/C10H15N3S/c1-9-13-10(8-14-9)4-7-12-6-3-2-5-11/h8,12H,2-4,6-7H2,1H3. The van der Waals surface area contributed by atoms with Gasteiger partial charge in [-0.1, -0.05) is 0 Å². The monoisotopic (exact) mass is 209 g/mol. The smallest absolute Gasteiger partial charge is 0.0897 e. The quantitative estimate of drug-likeness (QED) is 0.728. The van der Waals surface area contributed by atoms with Crippen molar-refractivity contribution in [3.63, 3.8) is 0 Å². The van der Waals surface area contributed by atoms with Crippen LogP contribution < -0.4 is 5.32 Å². The Labute approximate surface area is 88.8 Å². The van der Waals surface area contributed by atoms with E-state index in [0.29, 0.717) is 6.42 Å². The summed E-state index contributed by atoms with van der Waals surface area (Å²) in [6, 6.07) is 2.13. The number of hydrogen-bond acceptors (Lipinski definition) is 4. The third kappa shape index (κ3) is 4.35. The molecule has 4 heteroatoms. The van der Waals surface area contributed by atoms with Crippen LogP contribution in [-0.4, -0.2) is 18.1 Å². The van der Waals surface area contributed by atoms with Gasteiger partial charge in [0.15, 0.2) is 0 Å². The van der Waals surface area contributed by atoms with E-state index >= 15 is 0 Å². The lowest BCUT2D eigenvalue weighted by Crippen LogP contribution is -2.18. The first kappa shape index (κ1) is 11.2. The molecule has 0 unspecified atom stereocenters. The minimum absolute atomic E-state index is 0.642. The summed E-state index contributed by atoms with van der Waals surface area (Å²) in [4.78, 5) is 4.37. The number of unbranched alkanes of at least 4 members (excludes halogenated alkanes) is 1. The van der Waals surface area contributed by atoms with E-state index in [2.05, 4.69) is 21.8 Å². The maximum absolute atomic E-state index is 8.32. The normalized spacial score (nSPS) is 10.0. The zero-order valence-electron chi connectivity index (χ0n) is 8.42. The first-order valence-corrected chi connectivity index (χ1v) is 5.69. The Balaban J connectivity index is 2.02. The molecule has 1 N–H and O–H groups in total. The summed E-state index contributed by atoms with van der Waals surface area (Å²) in [6.45, 7) is 3.90. The highest BCUT2D eigenvalue weighted by molar-refractivity contribution is 7.09. The highest BCUT2D eigenvalue weighted by atomic mass is 32.1. The molecular weight excluding hydrogens is 194 g/mol. The largest absolute Gasteiger partial charge is 0.316 e. The molecular formula is C10H15N3S. The summed E-state index contributed by atoms with van der Waals surface area (Å²) in [5.41, 5.74) is 1.17. The van der Waals surface area contributed by atoms with E-state index in [4.69, 9.17) is 5.26 Å². The SMILES string of the molecule is Cc1nc(CCNCCCC#N)cs1. The van der Waals surface area contributed by atoms with Crippen LogP contribution in [0.4, 0.5) is 0 Å². The Morgan fingerprint density at radius 3 is 3.07 bits per heavy atom. The van der Waals surface area contributed by atoms with Crippen LogP contribution in [0.15, 0.2) is 5.38 Å². The average molecular weight is 209 g/mol. The number of aromatic nitrogens is 1. The fourth-order valence-electron chi connectivity index (χ4n) is 1.16. The number of rotatable bonds is 6. The highest BCUT2D eigenvalue weighted by Crippen LogP contribution is 2.07. The van der Waals surface area contributed by atoms with Crippen molar-refractivity contribution in [1.82, 2.24) is 10.3 Å². The molecule has 0 bridgehead atoms. The van der Waals surface area contributed by atoms with Crippen LogP contribution in [0.2, 0.25) is 0 Å². The van der Waals surface area contributed by atoms with Crippen LogP contribution in [0, 0.1) is 18.3 Å². The van der Waals surface area contributed by atoms with Gasteiger partial charge in [0.2, 0.25) is 0 Å². The van der Waals surface area contributed by atoms with E-state index in [1.807, 2.05) is 6.92 Å². The van der Waals surface area contributed by atoms with Gasteiger partial charge in [-0.25, -0.2) is 4.98 Å². The summed E-state index contributed by atoms with van der Waals surface area (Å²) in [6.07, 6.45) is 2.56. The Kier molecular flexibility index (Phi) is 5.20. The predicted octanol–water partition coefficient (Wildman–Crippen LogP) is 1.89. The van der Waals surface area contributed by atoms with E-state index in [0.717, 1.165) is 30.9 Å². The lowest BCUT2D eigenvalue weighted by molar-refractivity contribution is 0.651. The van der Waals surface area contributed by atoms with Gasteiger partial charge < -0.3 is 5.32 Å². The number of nitrogens with zero attached hydrogens (tertiary/aromatic N) is 2. The third-order valence-corrected chi connectivity index (χ3v) is 2.69. The van der Waals surface area contributed by atoms with Gasteiger partial charge in [-0.3, -0.25) is 0 Å². The number of nitrogens with one attached hydrogen (secondary N) is 1. The van der Waals surface area contributed by atoms with Crippen LogP contribution in [0.25, 0.3) is 0 Å². The second kappa shape index (κ2) is 6.52. The molecule has 0 fully saturated rings. The Morgan fingerprint density at radius 2 is 2.43 bits per heavy atom. The molecule has 1 heterocycles. The van der Waals surface area contributed by atoms with Gasteiger partial charge in [0, 0.05) is 24.8 Å². The van der Waals surface area contributed by atoms with Crippen LogP contribution in [-0.2, 0) is 6.42 Å². The van der Waals surface area contributed by atoms with Gasteiger partial charge >= 0.3 is 0 Å². The summed E-state index contributed by atoms with van der Waals surface area (Å²) in [7, 11) is 0. The lowest BCUT2D eigenvalue weighted by Gasteiger charge is -2.00. The predicted molar refractivity (Wildman–Crippen MR) is 58.3 cm³/mol. The molecule has 0 amide bonds. The van der Waals surface area contributed by atoms with E-state index < -0.39 is 0 Å². The molecule has 1 rings (SSSR count). The molecule has 0 aromatic carbocycles. The molecule has 0 radical (unpaired) electrons. The molecule has 1 aromatic rings. The molecule has 14 heavy (non-hydrogen) atoms. The minimum Gasteiger partial charge on any atom is -0.316 e. The maximum atomic E-state index is 8.32. The molecule has 0 saturated heterocycles. The maximum Gasteiger partial charge on any atom is 0.0897 e. The van der Waals surface area contributed by atoms with Crippen molar-refractivity contribution in [2.75, 3.05) is 13.1 Å². The average Bonchev–Trinajstić information content (AvgIpc) is 2.58. The molecule has 0 atom stereocenters. The Bertz CT molecular complexity index is 301. The van der Waals surface area contributed by atoms with Crippen molar-refractivity contribution < 1.29 is 0 Å². The highest BCUT2D eigenvalue weighted by Gasteiger charge is 1.96. The molecule has 0 aliphatic carbocycles. The lowest BCUT2D eigenvalue weighted by atomic mass is 10.3. The molecule has 3 nitrogen and oxygen atoms in total. The second-order valence-electron chi connectivity index (χ2n) is 3.12. The number of nitriles is 1. The first-order chi connectivity index (χ1) is 6.83. The second-order valence-corrected chi connectivity index (χ2v) is 4.18. The third-order valence-electron chi connectivity index (χ3n) is 1.87. The van der Waals surface area contributed by atoms with Gasteiger partial charge in [0.1, 0.15) is 0 Å². The number of hydrogen-bond donors (Lipinski definition) is 1. The minimum atomic E-state index is 0.642. The van der Waals surface area contributed by atoms with Gasteiger partial charge in [-0.2, -0.15) is 5.26 Å².